The summed E-state index contributed by atoms with van der Waals surface area (Å²) in [5.41, 5.74) is 19.0. The van der Waals surface area contributed by atoms with Crippen LogP contribution in [0.1, 0.15) is 97.2 Å². The summed E-state index contributed by atoms with van der Waals surface area (Å²) < 4.78 is 2.23. The Morgan fingerprint density at radius 1 is 0.690 bits per heavy atom. The van der Waals surface area contributed by atoms with Crippen molar-refractivity contribution < 1.29 is 14.5 Å². The van der Waals surface area contributed by atoms with Gasteiger partial charge in [-0.1, -0.05) is 19.6 Å². The summed E-state index contributed by atoms with van der Waals surface area (Å²) in [6.45, 7) is 30.4. The molecule has 0 unspecified atom stereocenters. The zero-order valence-electron chi connectivity index (χ0n) is 28.7. The van der Waals surface area contributed by atoms with E-state index in [1.807, 2.05) is 13.8 Å². The molecule has 0 fully saturated rings. The average molecular weight is 565 g/mol. The highest BCUT2D eigenvalue weighted by Crippen LogP contribution is 2.54. The minimum absolute atomic E-state index is 0.128. The van der Waals surface area contributed by atoms with Gasteiger partial charge in [-0.05, 0) is 133 Å². The SMILES string of the molecule is C/C(C1=[N+](C)c2c(C)c(C)c(C)c(C)c2C1(C)C)=C1/C(=O)C(C(/C)=C2/N(C)c3c(C)c(C)c(C)c(C)c3C2(C)C)=C1[O-]. The Kier molecular flexibility index (Phi) is 6.48. The molecule has 222 valence electrons. The molecule has 4 nitrogen and oxygen atoms in total. The first-order valence-electron chi connectivity index (χ1n) is 15.2. The quantitative estimate of drug-likeness (QED) is 0.283. The number of Topliss-reactive ketones (excluding diaryl/α,β-unsaturated/α-hetero) is 1. The maximum absolute atomic E-state index is 14.0. The summed E-state index contributed by atoms with van der Waals surface area (Å²) in [5.74, 6) is -0.256. The summed E-state index contributed by atoms with van der Waals surface area (Å²) in [5, 5.41) is 14.0. The molecule has 2 aromatic carbocycles. The third kappa shape index (κ3) is 3.41. The van der Waals surface area contributed by atoms with Crippen LogP contribution >= 0.6 is 0 Å². The van der Waals surface area contributed by atoms with E-state index < -0.39 is 0 Å². The van der Waals surface area contributed by atoms with Crippen molar-refractivity contribution in [1.29, 1.82) is 0 Å². The van der Waals surface area contributed by atoms with Gasteiger partial charge in [0.1, 0.15) is 7.05 Å². The Bertz CT molecular complexity index is 1800. The molecule has 0 N–H and O–H groups in total. The average Bonchev–Trinajstić information content (AvgIpc) is 3.24. The maximum atomic E-state index is 14.0. The smallest absolute Gasteiger partial charge is 0.213 e. The van der Waals surface area contributed by atoms with Gasteiger partial charge < -0.3 is 10.0 Å². The number of carbonyl (C=O) groups excluding carboxylic acids is 1. The molecule has 0 spiro atoms. The number of likely N-dealkylation sites (N-methyl/N-ethyl adjacent to an activating group) is 1. The number of carbonyl (C=O) groups is 1. The topological polar surface area (TPSA) is 46.4 Å². The van der Waals surface area contributed by atoms with Crippen molar-refractivity contribution >= 4 is 22.9 Å². The van der Waals surface area contributed by atoms with Crippen LogP contribution in [0.15, 0.2) is 33.7 Å². The monoisotopic (exact) mass is 564 g/mol. The van der Waals surface area contributed by atoms with Gasteiger partial charge in [-0.15, -0.1) is 0 Å². The first-order valence-corrected chi connectivity index (χ1v) is 15.2. The Morgan fingerprint density at radius 3 is 1.69 bits per heavy atom. The molecule has 0 bridgehead atoms. The molecule has 2 aliphatic heterocycles. The molecule has 0 amide bonds. The van der Waals surface area contributed by atoms with Gasteiger partial charge in [-0.3, -0.25) is 4.79 Å². The van der Waals surface area contributed by atoms with Gasteiger partial charge in [0.05, 0.1) is 5.41 Å². The lowest BCUT2D eigenvalue weighted by Gasteiger charge is -2.36. The van der Waals surface area contributed by atoms with E-state index in [9.17, 15) is 9.90 Å². The summed E-state index contributed by atoms with van der Waals surface area (Å²) >= 11 is 0. The van der Waals surface area contributed by atoms with Crippen molar-refractivity contribution in [3.63, 3.8) is 0 Å². The van der Waals surface area contributed by atoms with Crippen molar-refractivity contribution in [1.82, 2.24) is 0 Å². The van der Waals surface area contributed by atoms with E-state index in [2.05, 4.69) is 107 Å². The zero-order chi connectivity index (χ0) is 31.7. The fourth-order valence-electron chi connectivity index (χ4n) is 9.00. The lowest BCUT2D eigenvalue weighted by atomic mass is 9.71. The molecule has 42 heavy (non-hydrogen) atoms. The molecular weight excluding hydrogens is 516 g/mol. The van der Waals surface area contributed by atoms with Crippen molar-refractivity contribution in [2.45, 2.75) is 108 Å². The second-order valence-electron chi connectivity index (χ2n) is 14.2. The van der Waals surface area contributed by atoms with Crippen LogP contribution in [0.25, 0.3) is 0 Å². The standard InChI is InChI=1S/C38H48N2O2/c1-17-19(3)23(7)31-29(21(17)5)37(11,12)35(39(31)15)25(9)27-33(41)28(34(27)42)26(10)36-38(13,14)30-22(6)18(2)20(4)24(8)32(30)40(36)16/h1-16H3. The third-order valence-electron chi connectivity index (χ3n) is 11.5. The largest absolute Gasteiger partial charge is 0.871 e. The molecule has 2 aromatic rings. The zero-order valence-corrected chi connectivity index (χ0v) is 28.7. The third-order valence-corrected chi connectivity index (χ3v) is 11.5. The van der Waals surface area contributed by atoms with Crippen LogP contribution in [0.4, 0.5) is 11.4 Å². The molecule has 4 heteroatoms. The Labute approximate surface area is 253 Å². The number of fused-ring (bicyclic) bond motifs is 2. The molecule has 0 aromatic heterocycles. The van der Waals surface area contributed by atoms with E-state index in [1.54, 1.807) is 0 Å². The van der Waals surface area contributed by atoms with Gasteiger partial charge in [0.15, 0.2) is 11.5 Å². The number of hydrogen-bond donors (Lipinski definition) is 0. The second-order valence-corrected chi connectivity index (χ2v) is 14.2. The number of benzene rings is 2. The molecule has 2 heterocycles. The molecule has 5 rings (SSSR count). The number of ketones is 1. The Hall–Kier alpha value is -3.40. The van der Waals surface area contributed by atoms with E-state index in [0.29, 0.717) is 11.1 Å². The summed E-state index contributed by atoms with van der Waals surface area (Å²) in [4.78, 5) is 16.3. The molecule has 3 aliphatic rings. The molecular formula is C38H48N2O2. The number of allylic oxidation sites excluding steroid dienone is 5. The minimum Gasteiger partial charge on any atom is -0.871 e. The lowest BCUT2D eigenvalue weighted by Crippen LogP contribution is -2.38. The lowest BCUT2D eigenvalue weighted by molar-refractivity contribution is -0.402. The van der Waals surface area contributed by atoms with Crippen LogP contribution in [-0.2, 0) is 15.6 Å². The van der Waals surface area contributed by atoms with E-state index in [0.717, 1.165) is 22.6 Å². The van der Waals surface area contributed by atoms with Crippen molar-refractivity contribution in [3.8, 4) is 0 Å². The van der Waals surface area contributed by atoms with Crippen LogP contribution in [0.5, 0.6) is 0 Å². The number of hydrogen-bond acceptors (Lipinski definition) is 3. The second kappa shape index (κ2) is 9.05. The highest BCUT2D eigenvalue weighted by Gasteiger charge is 2.50. The van der Waals surface area contributed by atoms with E-state index in [4.69, 9.17) is 0 Å². The molecule has 0 saturated carbocycles. The summed E-state index contributed by atoms with van der Waals surface area (Å²) in [7, 11) is 4.17. The van der Waals surface area contributed by atoms with Gasteiger partial charge >= 0.3 is 0 Å². The molecule has 0 saturated heterocycles. The van der Waals surface area contributed by atoms with E-state index >= 15 is 0 Å². The van der Waals surface area contributed by atoms with Gasteiger partial charge in [0.2, 0.25) is 5.69 Å². The summed E-state index contributed by atoms with van der Waals surface area (Å²) in [6.07, 6.45) is 0. The first-order chi connectivity index (χ1) is 19.2. The normalized spacial score (nSPS) is 21.2. The van der Waals surface area contributed by atoms with Gasteiger partial charge in [0.25, 0.3) is 0 Å². The minimum atomic E-state index is -0.335. The fourth-order valence-corrected chi connectivity index (χ4v) is 9.00. The Morgan fingerprint density at radius 2 is 1.17 bits per heavy atom. The summed E-state index contributed by atoms with van der Waals surface area (Å²) in [6, 6.07) is 0. The van der Waals surface area contributed by atoms with Gasteiger partial charge in [-0.2, -0.15) is 4.58 Å². The molecule has 0 atom stereocenters. The molecule has 1 aliphatic carbocycles. The van der Waals surface area contributed by atoms with Crippen LogP contribution < -0.4 is 10.0 Å². The van der Waals surface area contributed by atoms with Crippen LogP contribution in [0.3, 0.4) is 0 Å². The van der Waals surface area contributed by atoms with E-state index in [1.165, 1.54) is 67.0 Å². The Balaban J connectivity index is 1.70. The van der Waals surface area contributed by atoms with Crippen molar-refractivity contribution in [2.75, 3.05) is 19.0 Å². The predicted molar refractivity (Wildman–Crippen MR) is 174 cm³/mol. The van der Waals surface area contributed by atoms with Gasteiger partial charge in [0, 0.05) is 51.7 Å². The van der Waals surface area contributed by atoms with Crippen LogP contribution in [0, 0.1) is 55.4 Å². The molecule has 0 radical (unpaired) electrons. The number of rotatable bonds is 2. The van der Waals surface area contributed by atoms with Crippen LogP contribution in [0.2, 0.25) is 0 Å². The van der Waals surface area contributed by atoms with Gasteiger partial charge in [-0.25, -0.2) is 0 Å². The van der Waals surface area contributed by atoms with Crippen molar-refractivity contribution in [2.24, 2.45) is 0 Å². The predicted octanol–water partition coefficient (Wildman–Crippen LogP) is 7.38. The van der Waals surface area contributed by atoms with E-state index in [-0.39, 0.29) is 22.4 Å². The van der Waals surface area contributed by atoms with Crippen LogP contribution in [-0.4, -0.2) is 30.2 Å². The number of nitrogens with zero attached hydrogens (tertiary/aromatic N) is 2. The highest BCUT2D eigenvalue weighted by molar-refractivity contribution is 6.26. The number of anilines is 1. The maximum Gasteiger partial charge on any atom is 0.213 e. The first kappa shape index (κ1) is 30.1. The fraction of sp³-hybridized carbons (Fsp3) is 0.474. The highest BCUT2D eigenvalue weighted by atomic mass is 16.3. The van der Waals surface area contributed by atoms with Crippen molar-refractivity contribution in [3.05, 3.63) is 89.4 Å².